The van der Waals surface area contributed by atoms with E-state index in [1.165, 1.54) is 0 Å². The molecule has 0 heterocycles. The number of anilines is 1. The predicted octanol–water partition coefficient (Wildman–Crippen LogP) is 2.77. The molecular weight excluding hydrogens is 292 g/mol. The van der Waals surface area contributed by atoms with Crippen molar-refractivity contribution in [2.75, 3.05) is 19.3 Å². The monoisotopic (exact) mass is 312 g/mol. The predicted molar refractivity (Wildman–Crippen MR) is 78.3 cm³/mol. The minimum Gasteiger partial charge on any atom is -0.398 e. The van der Waals surface area contributed by atoms with Gasteiger partial charge in [0.15, 0.2) is 0 Å². The molecule has 0 radical (unpaired) electrons. The van der Waals surface area contributed by atoms with Crippen LogP contribution >= 0.6 is 15.9 Å². The van der Waals surface area contributed by atoms with E-state index in [1.807, 2.05) is 25.2 Å². The molecule has 1 aromatic carbocycles. The van der Waals surface area contributed by atoms with Crippen molar-refractivity contribution < 1.29 is 5.11 Å². The molecule has 100 valence electrons. The van der Waals surface area contributed by atoms with E-state index in [1.54, 1.807) is 0 Å². The average Bonchev–Trinajstić information content (AvgIpc) is 2.69. The van der Waals surface area contributed by atoms with Crippen LogP contribution in [0.5, 0.6) is 0 Å². The Morgan fingerprint density at radius 2 is 2.06 bits per heavy atom. The van der Waals surface area contributed by atoms with E-state index in [2.05, 4.69) is 20.8 Å². The lowest BCUT2D eigenvalue weighted by Crippen LogP contribution is -2.38. The van der Waals surface area contributed by atoms with Crippen LogP contribution in [0.4, 0.5) is 5.69 Å². The summed E-state index contributed by atoms with van der Waals surface area (Å²) in [5.41, 5.74) is 7.42. The lowest BCUT2D eigenvalue weighted by molar-refractivity contribution is 0.0146. The second-order valence-corrected chi connectivity index (χ2v) is 6.36. The molecule has 0 aliphatic heterocycles. The Balaban J connectivity index is 1.96. The fraction of sp³-hybridized carbons (Fsp3) is 0.571. The molecule has 0 saturated heterocycles. The van der Waals surface area contributed by atoms with Gasteiger partial charge in [0.25, 0.3) is 0 Å². The molecule has 1 aliphatic carbocycles. The van der Waals surface area contributed by atoms with Gasteiger partial charge in [-0.3, -0.25) is 4.90 Å². The lowest BCUT2D eigenvalue weighted by atomic mass is 10.0. The quantitative estimate of drug-likeness (QED) is 0.841. The van der Waals surface area contributed by atoms with Gasteiger partial charge in [-0.1, -0.05) is 34.8 Å². The Labute approximate surface area is 117 Å². The Kier molecular flexibility index (Phi) is 4.30. The molecule has 2 rings (SSSR count). The van der Waals surface area contributed by atoms with Crippen LogP contribution in [0.25, 0.3) is 0 Å². The summed E-state index contributed by atoms with van der Waals surface area (Å²) in [6.07, 6.45) is 4.13. The maximum Gasteiger partial charge on any atom is 0.0774 e. The van der Waals surface area contributed by atoms with Crippen molar-refractivity contribution in [2.45, 2.75) is 37.8 Å². The van der Waals surface area contributed by atoms with Crippen LogP contribution in [0.15, 0.2) is 22.7 Å². The molecule has 1 fully saturated rings. The zero-order chi connectivity index (χ0) is 13.2. The fourth-order valence-electron chi connectivity index (χ4n) is 2.75. The van der Waals surface area contributed by atoms with Gasteiger partial charge >= 0.3 is 0 Å². The van der Waals surface area contributed by atoms with Crippen molar-refractivity contribution in [1.29, 1.82) is 0 Å². The average molecular weight is 313 g/mol. The smallest absolute Gasteiger partial charge is 0.0774 e. The molecule has 3 nitrogen and oxygen atoms in total. The highest BCUT2D eigenvalue weighted by Gasteiger charge is 2.32. The topological polar surface area (TPSA) is 49.5 Å². The van der Waals surface area contributed by atoms with Gasteiger partial charge in [-0.2, -0.15) is 0 Å². The summed E-state index contributed by atoms with van der Waals surface area (Å²) in [6.45, 7) is 1.50. The number of nitrogens with two attached hydrogens (primary N) is 1. The van der Waals surface area contributed by atoms with Gasteiger partial charge in [-0.15, -0.1) is 0 Å². The second kappa shape index (κ2) is 5.59. The first-order chi connectivity index (χ1) is 8.48. The summed E-state index contributed by atoms with van der Waals surface area (Å²) >= 11 is 3.41. The molecular formula is C14H21BrN2O. The van der Waals surface area contributed by atoms with Crippen LogP contribution < -0.4 is 5.73 Å². The van der Waals surface area contributed by atoms with Crippen LogP contribution in [0.3, 0.4) is 0 Å². The van der Waals surface area contributed by atoms with Crippen LogP contribution in [0.2, 0.25) is 0 Å². The summed E-state index contributed by atoms with van der Waals surface area (Å²) in [5.74, 6) is 0. The van der Waals surface area contributed by atoms with Gasteiger partial charge in [-0.05, 0) is 37.6 Å². The third kappa shape index (κ3) is 3.46. The number of aliphatic hydroxyl groups is 1. The molecule has 0 amide bonds. The molecule has 1 saturated carbocycles. The Bertz CT molecular complexity index is 416. The van der Waals surface area contributed by atoms with E-state index in [-0.39, 0.29) is 0 Å². The van der Waals surface area contributed by atoms with E-state index in [4.69, 9.17) is 5.73 Å². The Morgan fingerprint density at radius 1 is 1.39 bits per heavy atom. The number of rotatable bonds is 4. The first-order valence-electron chi connectivity index (χ1n) is 6.43. The standard InChI is InChI=1S/C14H21BrN2O/c1-17(10-14(18)6-2-3-7-14)9-11-4-5-12(15)8-13(11)16/h4-5,8,18H,2-3,6-7,9-10,16H2,1H3. The highest BCUT2D eigenvalue weighted by atomic mass is 79.9. The van der Waals surface area contributed by atoms with Gasteiger partial charge in [0.2, 0.25) is 0 Å². The van der Waals surface area contributed by atoms with Crippen LogP contribution in [0.1, 0.15) is 31.2 Å². The Morgan fingerprint density at radius 3 is 2.67 bits per heavy atom. The summed E-state index contributed by atoms with van der Waals surface area (Å²) in [5, 5.41) is 10.4. The largest absolute Gasteiger partial charge is 0.398 e. The zero-order valence-electron chi connectivity index (χ0n) is 10.8. The molecule has 0 aromatic heterocycles. The van der Waals surface area contributed by atoms with Crippen molar-refractivity contribution in [3.63, 3.8) is 0 Å². The van der Waals surface area contributed by atoms with E-state index < -0.39 is 5.60 Å². The number of halogens is 1. The molecule has 0 spiro atoms. The van der Waals surface area contributed by atoms with E-state index in [0.717, 1.165) is 54.5 Å². The first-order valence-corrected chi connectivity index (χ1v) is 7.23. The normalized spacial score (nSPS) is 18.4. The van der Waals surface area contributed by atoms with E-state index in [9.17, 15) is 5.11 Å². The molecule has 0 bridgehead atoms. The maximum atomic E-state index is 10.4. The molecule has 1 aromatic rings. The highest BCUT2D eigenvalue weighted by Crippen LogP contribution is 2.30. The third-order valence-corrected chi connectivity index (χ3v) is 4.14. The molecule has 3 N–H and O–H groups in total. The molecule has 4 heteroatoms. The van der Waals surface area contributed by atoms with Crippen LogP contribution in [-0.2, 0) is 6.54 Å². The molecule has 18 heavy (non-hydrogen) atoms. The molecule has 0 atom stereocenters. The molecule has 0 unspecified atom stereocenters. The highest BCUT2D eigenvalue weighted by molar-refractivity contribution is 9.10. The first kappa shape index (κ1) is 13.8. The van der Waals surface area contributed by atoms with Gasteiger partial charge < -0.3 is 10.8 Å². The number of hydrogen-bond donors (Lipinski definition) is 2. The summed E-state index contributed by atoms with van der Waals surface area (Å²) in [4.78, 5) is 2.16. The van der Waals surface area contributed by atoms with Crippen LogP contribution in [0, 0.1) is 0 Å². The zero-order valence-corrected chi connectivity index (χ0v) is 12.4. The SMILES string of the molecule is CN(Cc1ccc(Br)cc1N)CC1(O)CCCC1. The van der Waals surface area contributed by atoms with Crippen LogP contribution in [-0.4, -0.2) is 29.2 Å². The number of nitrogen functional groups attached to an aromatic ring is 1. The number of hydrogen-bond acceptors (Lipinski definition) is 3. The van der Waals surface area contributed by atoms with Gasteiger partial charge in [0.05, 0.1) is 5.60 Å². The van der Waals surface area contributed by atoms with E-state index >= 15 is 0 Å². The minimum absolute atomic E-state index is 0.487. The van der Waals surface area contributed by atoms with Crippen molar-refractivity contribution in [2.24, 2.45) is 0 Å². The van der Waals surface area contributed by atoms with Crippen molar-refractivity contribution in [1.82, 2.24) is 4.90 Å². The number of nitrogens with zero attached hydrogens (tertiary/aromatic N) is 1. The Hall–Kier alpha value is -0.580. The fourth-order valence-corrected chi connectivity index (χ4v) is 3.13. The number of benzene rings is 1. The molecule has 1 aliphatic rings. The van der Waals surface area contributed by atoms with E-state index in [0.29, 0.717) is 0 Å². The summed E-state index contributed by atoms with van der Waals surface area (Å²) < 4.78 is 1.00. The lowest BCUT2D eigenvalue weighted by Gasteiger charge is -2.28. The third-order valence-electron chi connectivity index (χ3n) is 3.65. The maximum absolute atomic E-state index is 10.4. The van der Waals surface area contributed by atoms with Crippen molar-refractivity contribution >= 4 is 21.6 Å². The summed E-state index contributed by atoms with van der Waals surface area (Å²) in [6, 6.07) is 5.96. The minimum atomic E-state index is -0.487. The second-order valence-electron chi connectivity index (χ2n) is 5.45. The van der Waals surface area contributed by atoms with Gasteiger partial charge in [-0.25, -0.2) is 0 Å². The van der Waals surface area contributed by atoms with Crippen molar-refractivity contribution in [3.8, 4) is 0 Å². The van der Waals surface area contributed by atoms with Gasteiger partial charge in [0, 0.05) is 23.2 Å². The summed E-state index contributed by atoms with van der Waals surface area (Å²) in [7, 11) is 2.04. The number of likely N-dealkylation sites (N-methyl/N-ethyl adjacent to an activating group) is 1. The van der Waals surface area contributed by atoms with Crippen molar-refractivity contribution in [3.05, 3.63) is 28.2 Å². The van der Waals surface area contributed by atoms with Gasteiger partial charge in [0.1, 0.15) is 0 Å².